The molecule has 0 spiro atoms. The second-order valence-corrected chi connectivity index (χ2v) is 6.36. The van der Waals surface area contributed by atoms with E-state index >= 15 is 0 Å². The van der Waals surface area contributed by atoms with Crippen molar-refractivity contribution in [2.24, 2.45) is 5.92 Å². The van der Waals surface area contributed by atoms with Gasteiger partial charge in [-0.05, 0) is 39.2 Å². The maximum Gasteiger partial charge on any atom is 0.344 e. The van der Waals surface area contributed by atoms with Crippen LogP contribution in [0.25, 0.3) is 0 Å². The highest BCUT2D eigenvalue weighted by molar-refractivity contribution is 7.99. The average Bonchev–Trinajstić information content (AvgIpc) is 3.06. The molecule has 6 heteroatoms. The van der Waals surface area contributed by atoms with Gasteiger partial charge in [-0.3, -0.25) is 4.57 Å². The molecule has 1 fully saturated rings. The van der Waals surface area contributed by atoms with Crippen molar-refractivity contribution in [1.82, 2.24) is 20.1 Å². The van der Waals surface area contributed by atoms with Gasteiger partial charge in [0.2, 0.25) is 0 Å². The van der Waals surface area contributed by atoms with Gasteiger partial charge in [-0.15, -0.1) is 5.10 Å². The second-order valence-electron chi connectivity index (χ2n) is 5.37. The Balaban J connectivity index is 1.83. The summed E-state index contributed by atoms with van der Waals surface area (Å²) < 4.78 is 1.71. The van der Waals surface area contributed by atoms with Crippen LogP contribution < -0.4 is 11.0 Å². The molecule has 1 aromatic rings. The molecule has 2 rings (SSSR count). The van der Waals surface area contributed by atoms with E-state index in [1.54, 1.807) is 16.3 Å². The lowest BCUT2D eigenvalue weighted by molar-refractivity contribution is 0.530. The largest absolute Gasteiger partial charge is 0.344 e. The van der Waals surface area contributed by atoms with Crippen LogP contribution in [-0.2, 0) is 0 Å². The number of rotatable bonds is 7. The fraction of sp³-hybridized carbons (Fsp3) is 0.833. The molecule has 102 valence electrons. The Morgan fingerprint density at radius 3 is 2.83 bits per heavy atom. The van der Waals surface area contributed by atoms with Crippen LogP contribution in [0.5, 0.6) is 0 Å². The van der Waals surface area contributed by atoms with Crippen LogP contribution >= 0.6 is 11.8 Å². The summed E-state index contributed by atoms with van der Waals surface area (Å²) in [5, 5.41) is 10.9. The molecule has 18 heavy (non-hydrogen) atoms. The van der Waals surface area contributed by atoms with Crippen molar-refractivity contribution in [2.45, 2.75) is 50.9 Å². The van der Waals surface area contributed by atoms with Gasteiger partial charge in [-0.2, -0.15) is 0 Å². The summed E-state index contributed by atoms with van der Waals surface area (Å²) in [5.74, 6) is 1.57. The van der Waals surface area contributed by atoms with Crippen LogP contribution in [0.3, 0.4) is 0 Å². The predicted octanol–water partition coefficient (Wildman–Crippen LogP) is 1.63. The number of thioether (sulfide) groups is 1. The molecule has 0 amide bonds. The Kier molecular flexibility index (Phi) is 4.50. The summed E-state index contributed by atoms with van der Waals surface area (Å²) in [4.78, 5) is 11.6. The van der Waals surface area contributed by atoms with Crippen LogP contribution in [0.15, 0.2) is 9.95 Å². The number of hydrogen-bond acceptors (Lipinski definition) is 4. The third-order valence-electron chi connectivity index (χ3n) is 3.02. The van der Waals surface area contributed by atoms with Gasteiger partial charge < -0.3 is 5.32 Å². The smallest absolute Gasteiger partial charge is 0.314 e. The molecule has 1 heterocycles. The monoisotopic (exact) mass is 270 g/mol. The molecular formula is C12H22N4OS. The van der Waals surface area contributed by atoms with Crippen LogP contribution in [-0.4, -0.2) is 33.1 Å². The third-order valence-corrected chi connectivity index (χ3v) is 4.30. The second kappa shape index (κ2) is 5.93. The van der Waals surface area contributed by atoms with Gasteiger partial charge in [-0.1, -0.05) is 18.7 Å². The van der Waals surface area contributed by atoms with Crippen molar-refractivity contribution < 1.29 is 0 Å². The van der Waals surface area contributed by atoms with E-state index < -0.39 is 0 Å². The molecule has 1 atom stereocenters. The van der Waals surface area contributed by atoms with Crippen molar-refractivity contribution in [3.05, 3.63) is 10.5 Å². The zero-order valence-corrected chi connectivity index (χ0v) is 12.1. The number of nitrogens with one attached hydrogen (secondary N) is 2. The molecular weight excluding hydrogens is 248 g/mol. The third kappa shape index (κ3) is 3.62. The van der Waals surface area contributed by atoms with E-state index in [0.717, 1.165) is 23.5 Å². The zero-order chi connectivity index (χ0) is 13.1. The molecule has 1 saturated carbocycles. The molecule has 5 nitrogen and oxygen atoms in total. The van der Waals surface area contributed by atoms with E-state index in [-0.39, 0.29) is 11.7 Å². The maximum atomic E-state index is 11.6. The van der Waals surface area contributed by atoms with Crippen molar-refractivity contribution in [2.75, 3.05) is 12.3 Å². The molecule has 0 saturated heterocycles. The molecule has 1 aromatic heterocycles. The van der Waals surface area contributed by atoms with Gasteiger partial charge in [0.15, 0.2) is 5.16 Å². The van der Waals surface area contributed by atoms with Gasteiger partial charge in [0.1, 0.15) is 0 Å². The van der Waals surface area contributed by atoms with Crippen LogP contribution in [0.2, 0.25) is 0 Å². The standard InChI is InChI=1S/C12H22N4OS/c1-8(2)16-11(17)14-15-12(16)18-7-9(3)6-13-10-4-5-10/h8-10,13H,4-7H2,1-3H3,(H,14,17). The van der Waals surface area contributed by atoms with E-state index in [9.17, 15) is 4.79 Å². The fourth-order valence-electron chi connectivity index (χ4n) is 1.78. The molecule has 0 aliphatic heterocycles. The van der Waals surface area contributed by atoms with Gasteiger partial charge in [0.05, 0.1) is 0 Å². The predicted molar refractivity (Wildman–Crippen MR) is 74.1 cm³/mol. The molecule has 1 unspecified atom stereocenters. The van der Waals surface area contributed by atoms with Crippen LogP contribution in [0.4, 0.5) is 0 Å². The lowest BCUT2D eigenvalue weighted by Gasteiger charge is -2.13. The Hall–Kier alpha value is -0.750. The molecule has 0 radical (unpaired) electrons. The van der Waals surface area contributed by atoms with Gasteiger partial charge in [-0.25, -0.2) is 9.89 Å². The van der Waals surface area contributed by atoms with Gasteiger partial charge >= 0.3 is 5.69 Å². The van der Waals surface area contributed by atoms with E-state index in [0.29, 0.717) is 5.92 Å². The summed E-state index contributed by atoms with van der Waals surface area (Å²) in [6.45, 7) is 7.28. The zero-order valence-electron chi connectivity index (χ0n) is 11.3. The fourth-order valence-corrected chi connectivity index (χ4v) is 2.87. The molecule has 1 aliphatic carbocycles. The highest BCUT2D eigenvalue weighted by Gasteiger charge is 2.21. The van der Waals surface area contributed by atoms with Crippen molar-refractivity contribution >= 4 is 11.8 Å². The lowest BCUT2D eigenvalue weighted by atomic mass is 10.2. The number of H-pyrrole nitrogens is 1. The first-order chi connectivity index (χ1) is 8.58. The highest BCUT2D eigenvalue weighted by Crippen LogP contribution is 2.21. The maximum absolute atomic E-state index is 11.6. The number of aromatic amines is 1. The Bertz CT molecular complexity index is 436. The minimum Gasteiger partial charge on any atom is -0.314 e. The SMILES string of the molecule is CC(CNC1CC1)CSc1n[nH]c(=O)n1C(C)C. The van der Waals surface area contributed by atoms with E-state index in [2.05, 4.69) is 22.4 Å². The average molecular weight is 270 g/mol. The van der Waals surface area contributed by atoms with Crippen molar-refractivity contribution in [3.8, 4) is 0 Å². The highest BCUT2D eigenvalue weighted by atomic mass is 32.2. The first-order valence-corrected chi connectivity index (χ1v) is 7.59. The lowest BCUT2D eigenvalue weighted by Crippen LogP contribution is -2.24. The first kappa shape index (κ1) is 13.7. The van der Waals surface area contributed by atoms with Gasteiger partial charge in [0.25, 0.3) is 0 Å². The normalized spacial score (nSPS) is 17.3. The number of nitrogens with zero attached hydrogens (tertiary/aromatic N) is 2. The minimum absolute atomic E-state index is 0.115. The topological polar surface area (TPSA) is 62.7 Å². The number of hydrogen-bond donors (Lipinski definition) is 2. The first-order valence-electron chi connectivity index (χ1n) is 6.61. The number of aromatic nitrogens is 3. The molecule has 2 N–H and O–H groups in total. The Morgan fingerprint density at radius 2 is 2.22 bits per heavy atom. The molecule has 1 aliphatic rings. The summed E-state index contributed by atoms with van der Waals surface area (Å²) in [7, 11) is 0. The quantitative estimate of drug-likeness (QED) is 0.739. The summed E-state index contributed by atoms with van der Waals surface area (Å²) in [6.07, 6.45) is 2.65. The summed E-state index contributed by atoms with van der Waals surface area (Å²) in [6, 6.07) is 0.912. The van der Waals surface area contributed by atoms with E-state index in [4.69, 9.17) is 0 Å². The molecule has 0 aromatic carbocycles. The summed E-state index contributed by atoms with van der Waals surface area (Å²) in [5.41, 5.74) is -0.115. The summed E-state index contributed by atoms with van der Waals surface area (Å²) >= 11 is 1.66. The Labute approximate surface area is 112 Å². The minimum atomic E-state index is -0.115. The van der Waals surface area contributed by atoms with E-state index in [1.165, 1.54) is 12.8 Å². The van der Waals surface area contributed by atoms with Crippen LogP contribution in [0, 0.1) is 5.92 Å². The van der Waals surface area contributed by atoms with Crippen molar-refractivity contribution in [1.29, 1.82) is 0 Å². The molecule has 0 bridgehead atoms. The van der Waals surface area contributed by atoms with E-state index in [1.807, 2.05) is 13.8 Å². The van der Waals surface area contributed by atoms with Gasteiger partial charge in [0, 0.05) is 17.8 Å². The van der Waals surface area contributed by atoms with Crippen LogP contribution in [0.1, 0.15) is 39.7 Å². The van der Waals surface area contributed by atoms with Crippen molar-refractivity contribution in [3.63, 3.8) is 0 Å². The Morgan fingerprint density at radius 1 is 1.50 bits per heavy atom.